The van der Waals surface area contributed by atoms with Crippen LogP contribution in [0.5, 0.6) is 0 Å². The Bertz CT molecular complexity index is 780. The van der Waals surface area contributed by atoms with Gasteiger partial charge in [0.15, 0.2) is 5.49 Å². The molecule has 4 nitrogen and oxygen atoms in total. The van der Waals surface area contributed by atoms with Crippen molar-refractivity contribution in [2.45, 2.75) is 6.42 Å². The maximum atomic E-state index is 4.39. The van der Waals surface area contributed by atoms with E-state index in [0.29, 0.717) is 10.5 Å². The molecular formula is C14H10N4S. The lowest BCUT2D eigenvalue weighted by atomic mass is 10.2. The van der Waals surface area contributed by atoms with Crippen molar-refractivity contribution in [2.75, 3.05) is 0 Å². The van der Waals surface area contributed by atoms with Crippen LogP contribution in [0.2, 0.25) is 0 Å². The molecule has 0 unspecified atom stereocenters. The topological polar surface area (TPSA) is 50.5 Å². The first-order chi connectivity index (χ1) is 9.33. The third-order valence-corrected chi connectivity index (χ3v) is 3.45. The van der Waals surface area contributed by atoms with E-state index < -0.39 is 0 Å². The van der Waals surface area contributed by atoms with Crippen LogP contribution in [0.4, 0.5) is 0 Å². The van der Waals surface area contributed by atoms with E-state index in [4.69, 9.17) is 0 Å². The van der Waals surface area contributed by atoms with Gasteiger partial charge in [0.2, 0.25) is 0 Å². The molecule has 0 aromatic carbocycles. The summed E-state index contributed by atoms with van der Waals surface area (Å²) in [5.41, 5.74) is 1.70. The summed E-state index contributed by atoms with van der Waals surface area (Å²) < 4.78 is 0. The lowest BCUT2D eigenvalue weighted by Gasteiger charge is -2.03. The van der Waals surface area contributed by atoms with Crippen molar-refractivity contribution in [3.05, 3.63) is 63.7 Å². The van der Waals surface area contributed by atoms with Crippen molar-refractivity contribution in [3.63, 3.8) is 0 Å². The molecule has 0 radical (unpaired) electrons. The average Bonchev–Trinajstić information content (AvgIpc) is 2.59. The van der Waals surface area contributed by atoms with Gasteiger partial charge >= 0.3 is 0 Å². The highest BCUT2D eigenvalue weighted by molar-refractivity contribution is 8.06. The summed E-state index contributed by atoms with van der Waals surface area (Å²) in [4.78, 5) is 17.2. The van der Waals surface area contributed by atoms with Crippen LogP contribution in [-0.2, 0) is 0 Å². The van der Waals surface area contributed by atoms with Crippen LogP contribution in [0.15, 0.2) is 62.8 Å². The minimum absolute atomic E-state index is 0.598. The van der Waals surface area contributed by atoms with Gasteiger partial charge in [0, 0.05) is 12.4 Å². The fourth-order valence-electron chi connectivity index (χ4n) is 1.72. The zero-order chi connectivity index (χ0) is 13.1. The van der Waals surface area contributed by atoms with E-state index >= 15 is 0 Å². The van der Waals surface area contributed by atoms with Gasteiger partial charge in [-0.1, -0.05) is 24.8 Å². The first-order valence-corrected chi connectivity index (χ1v) is 6.56. The quantitative estimate of drug-likeness (QED) is 0.715. The van der Waals surface area contributed by atoms with Gasteiger partial charge in [-0.2, -0.15) is 4.99 Å². The molecule has 2 aliphatic rings. The summed E-state index contributed by atoms with van der Waals surface area (Å²) in [5, 5.41) is 2.28. The molecule has 92 valence electrons. The van der Waals surface area contributed by atoms with Crippen LogP contribution >= 0.6 is 11.8 Å². The van der Waals surface area contributed by atoms with Crippen LogP contribution in [-0.4, -0.2) is 15.8 Å². The number of aliphatic imine (C=N–C) groups is 1. The van der Waals surface area contributed by atoms with Crippen LogP contribution in [0, 0.1) is 0 Å². The molecule has 0 saturated heterocycles. The Morgan fingerprint density at radius 3 is 3.11 bits per heavy atom. The molecule has 1 aromatic rings. The maximum absolute atomic E-state index is 4.39. The molecule has 0 bridgehead atoms. The van der Waals surface area contributed by atoms with Gasteiger partial charge in [-0.25, -0.2) is 9.98 Å². The number of allylic oxidation sites excluding steroid dienone is 4. The van der Waals surface area contributed by atoms with Crippen molar-refractivity contribution in [1.82, 2.24) is 9.97 Å². The second kappa shape index (κ2) is 5.18. The molecule has 2 aliphatic heterocycles. The standard InChI is InChI=1S/C14H10N4S/c1-10-18-13-12(15-8-9-16-13)6-5-11-4-2-3-7-17-14(11)19-10/h2-4,6,8-9H,1,5H2/b12-6+,18-13+. The highest BCUT2D eigenvalue weighted by atomic mass is 32.2. The normalized spacial score (nSPS) is 20.9. The fraction of sp³-hybridized carbons (Fsp3) is 0.0714. The van der Waals surface area contributed by atoms with Gasteiger partial charge in [-0.3, -0.25) is 4.98 Å². The molecule has 19 heavy (non-hydrogen) atoms. The molecule has 0 atom stereocenters. The first kappa shape index (κ1) is 11.8. The van der Waals surface area contributed by atoms with Crippen LogP contribution < -0.4 is 10.8 Å². The number of aromatic nitrogens is 2. The molecule has 3 rings (SSSR count). The summed E-state index contributed by atoms with van der Waals surface area (Å²) >= 11 is 1.43. The molecular weight excluding hydrogens is 256 g/mol. The smallest absolute Gasteiger partial charge is 0.178 e. The number of rotatable bonds is 0. The highest BCUT2D eigenvalue weighted by Gasteiger charge is 2.08. The average molecular weight is 266 g/mol. The van der Waals surface area contributed by atoms with E-state index in [9.17, 15) is 0 Å². The molecule has 0 amide bonds. The Kier molecular flexibility index (Phi) is 3.23. The number of nitrogens with zero attached hydrogens (tertiary/aromatic N) is 4. The molecule has 0 saturated carbocycles. The molecule has 3 heterocycles. The predicted molar refractivity (Wildman–Crippen MR) is 76.8 cm³/mol. The Morgan fingerprint density at radius 1 is 1.26 bits per heavy atom. The summed E-state index contributed by atoms with van der Waals surface area (Å²) in [6, 6.07) is 0. The van der Waals surface area contributed by atoms with E-state index in [1.54, 1.807) is 18.5 Å². The minimum atomic E-state index is 0.598. The van der Waals surface area contributed by atoms with Gasteiger partial charge in [0.25, 0.3) is 0 Å². The number of hydrogen-bond acceptors (Lipinski definition) is 5. The first-order valence-electron chi connectivity index (χ1n) is 5.75. The summed E-state index contributed by atoms with van der Waals surface area (Å²) in [7, 11) is 0. The van der Waals surface area contributed by atoms with Crippen LogP contribution in [0.3, 0.4) is 0 Å². The molecule has 0 N–H and O–H groups in total. The lowest BCUT2D eigenvalue weighted by Crippen LogP contribution is -2.30. The lowest BCUT2D eigenvalue weighted by molar-refractivity contribution is 1.02. The van der Waals surface area contributed by atoms with E-state index in [2.05, 4.69) is 32.4 Å². The molecule has 1 aromatic heterocycles. The number of thioether (sulfide) groups is 1. The molecule has 0 aliphatic carbocycles. The monoisotopic (exact) mass is 266 g/mol. The van der Waals surface area contributed by atoms with Gasteiger partial charge in [-0.15, -0.1) is 0 Å². The zero-order valence-electron chi connectivity index (χ0n) is 10.1. The molecule has 0 spiro atoms. The summed E-state index contributed by atoms with van der Waals surface area (Å²) in [6.07, 6.45) is 11.8. The van der Waals surface area contributed by atoms with E-state index in [1.807, 2.05) is 18.2 Å². The second-order valence-corrected chi connectivity index (χ2v) is 4.94. The van der Waals surface area contributed by atoms with Crippen molar-refractivity contribution < 1.29 is 0 Å². The fourth-order valence-corrected chi connectivity index (χ4v) is 2.46. The van der Waals surface area contributed by atoms with Crippen molar-refractivity contribution in [1.29, 1.82) is 0 Å². The predicted octanol–water partition coefficient (Wildman–Crippen LogP) is 1.49. The Morgan fingerprint density at radius 2 is 2.16 bits per heavy atom. The Labute approximate surface area is 114 Å². The minimum Gasteiger partial charge on any atom is -0.252 e. The largest absolute Gasteiger partial charge is 0.252 e. The molecule has 5 heteroatoms. The highest BCUT2D eigenvalue weighted by Crippen LogP contribution is 2.31. The van der Waals surface area contributed by atoms with Crippen molar-refractivity contribution >= 4 is 23.7 Å². The third kappa shape index (κ3) is 2.62. The number of fused-ring (bicyclic) bond motifs is 1. The van der Waals surface area contributed by atoms with Crippen molar-refractivity contribution in [2.24, 2.45) is 9.98 Å². The zero-order valence-corrected chi connectivity index (χ0v) is 10.9. The SMILES string of the molecule is C=C1/N=c2/nccn/c2=C/CC2=C(N=C=CC=C2)S1. The summed E-state index contributed by atoms with van der Waals surface area (Å²) in [6.45, 7) is 3.94. The van der Waals surface area contributed by atoms with Gasteiger partial charge < -0.3 is 0 Å². The maximum Gasteiger partial charge on any atom is 0.178 e. The third-order valence-electron chi connectivity index (χ3n) is 2.58. The van der Waals surface area contributed by atoms with Crippen LogP contribution in [0.1, 0.15) is 6.42 Å². The molecule has 0 fully saturated rings. The summed E-state index contributed by atoms with van der Waals surface area (Å²) in [5.74, 6) is 2.86. The second-order valence-electron chi connectivity index (χ2n) is 3.88. The van der Waals surface area contributed by atoms with E-state index in [-0.39, 0.29) is 0 Å². The van der Waals surface area contributed by atoms with E-state index in [1.165, 1.54) is 11.8 Å². The van der Waals surface area contributed by atoms with Gasteiger partial charge in [-0.05, 0) is 35.7 Å². The van der Waals surface area contributed by atoms with Gasteiger partial charge in [0.05, 0.1) is 5.03 Å². The van der Waals surface area contributed by atoms with Gasteiger partial charge in [0.1, 0.15) is 10.4 Å². The van der Waals surface area contributed by atoms with E-state index in [0.717, 1.165) is 22.4 Å². The van der Waals surface area contributed by atoms with Crippen molar-refractivity contribution in [3.8, 4) is 0 Å². The number of hydrogen-bond donors (Lipinski definition) is 0. The Balaban J connectivity index is 2.18. The van der Waals surface area contributed by atoms with Crippen LogP contribution in [0.25, 0.3) is 6.08 Å². The Hall–Kier alpha value is -2.23.